The van der Waals surface area contributed by atoms with Crippen molar-refractivity contribution < 1.29 is 0 Å². The standard InChI is InChI=1S/7C12H10N2.C11H9N3/c1-8-2-3-11-9(6-8)10-7-13-5-4-12(10)14-11;1-8-2-3-11-10(6-8)9-4-5-13-7-12(9)14-11;1-8-2-3-9-10-7-13-5-4-11(10)14-12(9)6-8;1-8-2-3-9-10-4-5-13-7-12(10)14-11(9)6-8;1-8-4-5-10-9(7-8)12-11(14-10)3-2-6-13-12;1-8-4-5-9-11(7-8)14-10-3-2-6-13-12(9)10;1-8-4-5-9-10-3-2-6-13-12(10)14-11(9)7-8;1-7-2-3-10-8(4-7)9-5-12-6-13-11(9)14-10/h6*2-7,14H,1H3;2-7H,1H3,(H,13,14);2-6H,1H3,(H,12,13,14). The van der Waals surface area contributed by atoms with Crippen LogP contribution in [0.2, 0.25) is 0 Å². The highest BCUT2D eigenvalue weighted by Crippen LogP contribution is 2.32. The lowest BCUT2D eigenvalue weighted by molar-refractivity contribution is 1.21. The maximum absolute atomic E-state index is 4.38. The minimum atomic E-state index is 0.903. The highest BCUT2D eigenvalue weighted by Gasteiger charge is 2.11. The summed E-state index contributed by atoms with van der Waals surface area (Å²) < 4.78 is 0. The molecule has 0 saturated carbocycles. The summed E-state index contributed by atoms with van der Waals surface area (Å²) in [4.78, 5) is 64.4. The van der Waals surface area contributed by atoms with E-state index in [2.05, 4.69) is 304 Å². The van der Waals surface area contributed by atoms with Gasteiger partial charge in [-0.15, -0.1) is 0 Å². The average molecular weight is 1460 g/mol. The minimum absolute atomic E-state index is 0.903. The summed E-state index contributed by atoms with van der Waals surface area (Å²) in [6.45, 7) is 16.8. The molecule has 0 aliphatic carbocycles. The fourth-order valence-corrected chi connectivity index (χ4v) is 14.7. The van der Waals surface area contributed by atoms with Crippen LogP contribution in [-0.2, 0) is 0 Å². The van der Waals surface area contributed by atoms with E-state index in [9.17, 15) is 0 Å². The van der Waals surface area contributed by atoms with Crippen LogP contribution in [0, 0.1) is 55.4 Å². The summed E-state index contributed by atoms with van der Waals surface area (Å²) in [5.41, 5.74) is 30.2. The number of hydrogen-bond acceptors (Lipinski definition) is 9. The number of rotatable bonds is 0. The first-order chi connectivity index (χ1) is 54.7. The lowest BCUT2D eigenvalue weighted by Crippen LogP contribution is -1.76. The van der Waals surface area contributed by atoms with E-state index in [4.69, 9.17) is 0 Å². The molecule has 16 heterocycles. The van der Waals surface area contributed by atoms with Crippen molar-refractivity contribution in [2.24, 2.45) is 0 Å². The van der Waals surface area contributed by atoms with E-state index >= 15 is 0 Å². The predicted molar refractivity (Wildman–Crippen MR) is 464 cm³/mol. The molecule has 8 N–H and O–H groups in total. The highest BCUT2D eigenvalue weighted by molar-refractivity contribution is 6.12. The van der Waals surface area contributed by atoms with Crippen LogP contribution in [0.1, 0.15) is 44.5 Å². The van der Waals surface area contributed by atoms with Crippen molar-refractivity contribution >= 4 is 175 Å². The molecule has 0 unspecified atom stereocenters. The van der Waals surface area contributed by atoms with Gasteiger partial charge < -0.3 is 39.9 Å². The maximum atomic E-state index is 4.38. The maximum Gasteiger partial charge on any atom is 0.141 e. The van der Waals surface area contributed by atoms with Crippen LogP contribution in [0.5, 0.6) is 0 Å². The first-order valence-corrected chi connectivity index (χ1v) is 37.2. The molecule has 112 heavy (non-hydrogen) atoms. The van der Waals surface area contributed by atoms with E-state index in [-0.39, 0.29) is 0 Å². The number of hydrogen-bond donors (Lipinski definition) is 8. The van der Waals surface area contributed by atoms with Gasteiger partial charge in [-0.05, 0) is 211 Å². The van der Waals surface area contributed by atoms with Crippen LogP contribution in [-0.4, -0.2) is 84.7 Å². The molecule has 0 fully saturated rings. The van der Waals surface area contributed by atoms with Crippen LogP contribution in [0.3, 0.4) is 0 Å². The third kappa shape index (κ3) is 14.6. The molecule has 17 heteroatoms. The fraction of sp³-hybridized carbons (Fsp3) is 0.0842. The van der Waals surface area contributed by atoms with Crippen LogP contribution < -0.4 is 0 Å². The Morgan fingerprint density at radius 2 is 0.500 bits per heavy atom. The van der Waals surface area contributed by atoms with Gasteiger partial charge in [0.15, 0.2) is 0 Å². The molecule has 0 saturated heterocycles. The number of aromatic nitrogens is 17. The van der Waals surface area contributed by atoms with Gasteiger partial charge in [-0.3, -0.25) is 29.9 Å². The van der Waals surface area contributed by atoms with E-state index < -0.39 is 0 Å². The molecule has 0 amide bonds. The minimum Gasteiger partial charge on any atom is -0.354 e. The van der Waals surface area contributed by atoms with Crippen molar-refractivity contribution in [2.75, 3.05) is 0 Å². The van der Waals surface area contributed by atoms with E-state index in [1.165, 1.54) is 148 Å². The summed E-state index contributed by atoms with van der Waals surface area (Å²) in [5, 5.41) is 17.1. The van der Waals surface area contributed by atoms with Gasteiger partial charge in [0.1, 0.15) is 17.6 Å². The number of nitrogens with zero attached hydrogens (tertiary/aromatic N) is 9. The van der Waals surface area contributed by atoms with Gasteiger partial charge in [0, 0.05) is 193 Å². The summed E-state index contributed by atoms with van der Waals surface area (Å²) in [6, 6.07) is 71.4. The van der Waals surface area contributed by atoms with Crippen molar-refractivity contribution in [3.05, 3.63) is 331 Å². The lowest BCUT2D eigenvalue weighted by Gasteiger charge is -1.92. The number of nitrogens with one attached hydrogen (secondary N) is 8. The molecule has 0 aliphatic rings. The van der Waals surface area contributed by atoms with E-state index in [1.54, 1.807) is 6.33 Å². The lowest BCUT2D eigenvalue weighted by atomic mass is 10.1. The highest BCUT2D eigenvalue weighted by atomic mass is 14.9. The molecule has 24 aromatic rings. The van der Waals surface area contributed by atoms with Gasteiger partial charge >= 0.3 is 0 Å². The van der Waals surface area contributed by atoms with Crippen molar-refractivity contribution in [1.82, 2.24) is 84.7 Å². The number of H-pyrrole nitrogens is 8. The van der Waals surface area contributed by atoms with Gasteiger partial charge in [-0.1, -0.05) is 95.1 Å². The Bertz CT molecular complexity index is 6630. The summed E-state index contributed by atoms with van der Waals surface area (Å²) in [5.74, 6) is 0. The number of aryl methyl sites for hydroxylation is 8. The quantitative estimate of drug-likeness (QED) is 0.0719. The summed E-state index contributed by atoms with van der Waals surface area (Å²) >= 11 is 0. The summed E-state index contributed by atoms with van der Waals surface area (Å²) in [6.07, 6.45) is 23.7. The van der Waals surface area contributed by atoms with Crippen molar-refractivity contribution in [3.63, 3.8) is 0 Å². The third-order valence-electron chi connectivity index (χ3n) is 20.2. The first-order valence-electron chi connectivity index (χ1n) is 37.2. The molecule has 24 rings (SSSR count). The smallest absolute Gasteiger partial charge is 0.141 e. The molecule has 0 aliphatic heterocycles. The molecule has 0 spiro atoms. The Morgan fingerprint density at radius 3 is 1.08 bits per heavy atom. The second-order valence-corrected chi connectivity index (χ2v) is 28.6. The molecule has 8 aromatic carbocycles. The molecule has 544 valence electrons. The van der Waals surface area contributed by atoms with Crippen LogP contribution >= 0.6 is 0 Å². The summed E-state index contributed by atoms with van der Waals surface area (Å²) in [7, 11) is 0. The topological polar surface area (TPSA) is 242 Å². The SMILES string of the molecule is Cc1ccc2[nH]c3cccnc3c2c1.Cc1ccc2[nH]c3ccncc3c2c1.Cc1ccc2[nH]c3cnccc3c2c1.Cc1ccc2[nH]c3ncncc3c2c1.Cc1ccc2c(c1)[nH]c1cccnc12.Cc1ccc2c(c1)[nH]c1ccncc12.Cc1ccc2c(c1)[nH]c1cnccc12.Cc1ccc2c(c1)[nH]c1ncccc12. The second-order valence-electron chi connectivity index (χ2n) is 28.6. The Kier molecular flexibility index (Phi) is 19.1. The van der Waals surface area contributed by atoms with Crippen LogP contribution in [0.25, 0.3) is 175 Å². The van der Waals surface area contributed by atoms with Crippen LogP contribution in [0.15, 0.2) is 287 Å². The van der Waals surface area contributed by atoms with Crippen molar-refractivity contribution in [3.8, 4) is 0 Å². The van der Waals surface area contributed by atoms with Crippen molar-refractivity contribution in [1.29, 1.82) is 0 Å². The number of aromatic amines is 8. The molecule has 16 aromatic heterocycles. The molecular weight excluding hydrogens is 1380 g/mol. The second kappa shape index (κ2) is 30.5. The van der Waals surface area contributed by atoms with E-state index in [1.807, 2.05) is 117 Å². The molecule has 0 radical (unpaired) electrons. The van der Waals surface area contributed by atoms with Crippen molar-refractivity contribution in [2.45, 2.75) is 55.4 Å². The average Bonchev–Trinajstić information content (AvgIpc) is 1.70. The zero-order valence-electron chi connectivity index (χ0n) is 63.2. The zero-order chi connectivity index (χ0) is 76.3. The Hall–Kier alpha value is -14.7. The fourth-order valence-electron chi connectivity index (χ4n) is 14.7. The Balaban J connectivity index is 0.0000000929. The molecule has 17 nitrogen and oxygen atoms in total. The largest absolute Gasteiger partial charge is 0.354 e. The normalized spacial score (nSPS) is 11.2. The van der Waals surface area contributed by atoms with Gasteiger partial charge in [0.25, 0.3) is 0 Å². The Morgan fingerprint density at radius 1 is 0.179 bits per heavy atom. The molecule has 0 atom stereocenters. The molecular formula is C95H79N17. The van der Waals surface area contributed by atoms with E-state index in [0.29, 0.717) is 0 Å². The van der Waals surface area contributed by atoms with Gasteiger partial charge in [-0.25, -0.2) is 15.0 Å². The van der Waals surface area contributed by atoms with Crippen LogP contribution in [0.4, 0.5) is 0 Å². The first kappa shape index (κ1) is 70.3. The Labute approximate surface area is 642 Å². The number of fused-ring (bicyclic) bond motifs is 24. The third-order valence-corrected chi connectivity index (χ3v) is 20.2. The zero-order valence-corrected chi connectivity index (χ0v) is 63.2. The number of pyridine rings is 7. The number of benzene rings is 8. The van der Waals surface area contributed by atoms with Gasteiger partial charge in [0.2, 0.25) is 0 Å². The predicted octanol–water partition coefficient (Wildman–Crippen LogP) is 23.6. The van der Waals surface area contributed by atoms with Gasteiger partial charge in [-0.2, -0.15) is 0 Å². The van der Waals surface area contributed by atoms with E-state index in [0.717, 1.165) is 71.8 Å². The molecule has 0 bridgehead atoms. The van der Waals surface area contributed by atoms with Gasteiger partial charge in [0.05, 0.1) is 45.5 Å². The monoisotopic (exact) mass is 1460 g/mol.